The molecule has 4 rings (SSSR count). The number of carbonyl (C=O) groups is 1. The van der Waals surface area contributed by atoms with E-state index in [2.05, 4.69) is 15.5 Å². The second-order valence-electron chi connectivity index (χ2n) is 7.47. The van der Waals surface area contributed by atoms with Crippen LogP contribution in [0.5, 0.6) is 5.75 Å². The number of aromatic nitrogens is 2. The smallest absolute Gasteiger partial charge is 0.324 e. The third kappa shape index (κ3) is 4.89. The third-order valence-corrected chi connectivity index (χ3v) is 6.21. The minimum atomic E-state index is -3.78. The Hall–Kier alpha value is -3.44. The molecule has 3 aromatic rings. The van der Waals surface area contributed by atoms with E-state index >= 15 is 0 Å². The van der Waals surface area contributed by atoms with E-state index in [1.165, 1.54) is 24.3 Å². The van der Waals surface area contributed by atoms with Gasteiger partial charge in [-0.15, -0.1) is 0 Å². The van der Waals surface area contributed by atoms with Crippen molar-refractivity contribution >= 4 is 27.6 Å². The number of nitrogens with zero attached hydrogens (tertiary/aromatic N) is 3. The summed E-state index contributed by atoms with van der Waals surface area (Å²) >= 11 is 0. The Labute approximate surface area is 185 Å². The SMILES string of the molecule is COc1ccc(-c2noc(N3CCCC(C(=O)Nc4ccc(S(N)(=O)=O)cc4)C3)n2)cc1. The summed E-state index contributed by atoms with van der Waals surface area (Å²) in [7, 11) is -2.18. The number of primary sulfonamides is 1. The van der Waals surface area contributed by atoms with E-state index in [9.17, 15) is 13.2 Å². The standard InChI is InChI=1S/C21H23N5O5S/c1-30-17-8-4-14(5-9-17)19-24-21(31-25-19)26-12-2-3-15(13-26)20(27)23-16-6-10-18(11-7-16)32(22,28)29/h4-11,15H,2-3,12-13H2,1H3,(H,23,27)(H2,22,28,29). The molecule has 168 valence electrons. The van der Waals surface area contributed by atoms with Crippen molar-refractivity contribution in [2.75, 3.05) is 30.4 Å². The van der Waals surface area contributed by atoms with Crippen LogP contribution < -0.4 is 20.1 Å². The third-order valence-electron chi connectivity index (χ3n) is 5.28. The molecule has 1 fully saturated rings. The topological polar surface area (TPSA) is 141 Å². The minimum Gasteiger partial charge on any atom is -0.497 e. The number of nitrogens with one attached hydrogen (secondary N) is 1. The summed E-state index contributed by atoms with van der Waals surface area (Å²) in [6.07, 6.45) is 1.51. The van der Waals surface area contributed by atoms with Crippen molar-refractivity contribution in [1.29, 1.82) is 0 Å². The molecule has 0 bridgehead atoms. The lowest BCUT2D eigenvalue weighted by Crippen LogP contribution is -2.41. The number of rotatable bonds is 6. The lowest BCUT2D eigenvalue weighted by Gasteiger charge is -2.30. The molecule has 1 aliphatic heterocycles. The van der Waals surface area contributed by atoms with Crippen LogP contribution in [0.2, 0.25) is 0 Å². The van der Waals surface area contributed by atoms with Crippen molar-refractivity contribution in [3.8, 4) is 17.1 Å². The number of hydrogen-bond donors (Lipinski definition) is 2. The highest BCUT2D eigenvalue weighted by molar-refractivity contribution is 7.89. The van der Waals surface area contributed by atoms with E-state index in [4.69, 9.17) is 14.4 Å². The van der Waals surface area contributed by atoms with Gasteiger partial charge in [-0.1, -0.05) is 5.16 Å². The van der Waals surface area contributed by atoms with Gasteiger partial charge in [-0.05, 0) is 61.4 Å². The average Bonchev–Trinajstić information content (AvgIpc) is 3.29. The normalized spacial score (nSPS) is 16.6. The molecule has 0 spiro atoms. The van der Waals surface area contributed by atoms with Gasteiger partial charge in [0.25, 0.3) is 0 Å². The van der Waals surface area contributed by atoms with Crippen LogP contribution in [-0.2, 0) is 14.8 Å². The van der Waals surface area contributed by atoms with Crippen LogP contribution in [0.15, 0.2) is 57.9 Å². The van der Waals surface area contributed by atoms with Gasteiger partial charge in [-0.25, -0.2) is 13.6 Å². The number of methoxy groups -OCH3 is 1. The monoisotopic (exact) mass is 457 g/mol. The summed E-state index contributed by atoms with van der Waals surface area (Å²) < 4.78 is 33.3. The minimum absolute atomic E-state index is 0.0107. The predicted octanol–water partition coefficient (Wildman–Crippen LogP) is 2.25. The summed E-state index contributed by atoms with van der Waals surface area (Å²) in [6, 6.07) is 13.4. The Morgan fingerprint density at radius 3 is 2.56 bits per heavy atom. The summed E-state index contributed by atoms with van der Waals surface area (Å²) in [5.74, 6) is 0.761. The van der Waals surface area contributed by atoms with Crippen LogP contribution in [0.1, 0.15) is 12.8 Å². The predicted molar refractivity (Wildman–Crippen MR) is 118 cm³/mol. The van der Waals surface area contributed by atoms with Gasteiger partial charge in [0.2, 0.25) is 21.8 Å². The fourth-order valence-corrected chi connectivity index (χ4v) is 4.05. The number of anilines is 2. The molecular weight excluding hydrogens is 434 g/mol. The molecule has 11 heteroatoms. The van der Waals surface area contributed by atoms with E-state index in [0.717, 1.165) is 24.2 Å². The van der Waals surface area contributed by atoms with Crippen LogP contribution in [0.25, 0.3) is 11.4 Å². The van der Waals surface area contributed by atoms with E-state index in [-0.39, 0.29) is 16.7 Å². The maximum atomic E-state index is 12.8. The first kappa shape index (κ1) is 21.8. The largest absolute Gasteiger partial charge is 0.497 e. The molecule has 1 unspecified atom stereocenters. The van der Waals surface area contributed by atoms with E-state index < -0.39 is 10.0 Å². The van der Waals surface area contributed by atoms with Gasteiger partial charge in [0.05, 0.1) is 17.9 Å². The summed E-state index contributed by atoms with van der Waals surface area (Å²) in [5.41, 5.74) is 1.30. The summed E-state index contributed by atoms with van der Waals surface area (Å²) in [5, 5.41) is 12.0. The second-order valence-corrected chi connectivity index (χ2v) is 9.03. The fourth-order valence-electron chi connectivity index (χ4n) is 3.54. The van der Waals surface area contributed by atoms with Crippen molar-refractivity contribution in [3.05, 3.63) is 48.5 Å². The molecule has 10 nitrogen and oxygen atoms in total. The summed E-state index contributed by atoms with van der Waals surface area (Å²) in [4.78, 5) is 19.1. The molecule has 1 aromatic heterocycles. The molecule has 0 saturated carbocycles. The number of piperidine rings is 1. The van der Waals surface area contributed by atoms with Crippen LogP contribution in [0, 0.1) is 5.92 Å². The first-order valence-corrected chi connectivity index (χ1v) is 11.5. The lowest BCUT2D eigenvalue weighted by molar-refractivity contribution is -0.120. The highest BCUT2D eigenvalue weighted by Crippen LogP contribution is 2.26. The Bertz CT molecular complexity index is 1190. The maximum absolute atomic E-state index is 12.8. The van der Waals surface area contributed by atoms with Crippen molar-refractivity contribution in [3.63, 3.8) is 0 Å². The van der Waals surface area contributed by atoms with Gasteiger partial charge in [0.1, 0.15) is 5.75 Å². The Morgan fingerprint density at radius 2 is 1.91 bits per heavy atom. The van der Waals surface area contributed by atoms with Crippen molar-refractivity contribution in [2.45, 2.75) is 17.7 Å². The molecule has 1 aliphatic rings. The van der Waals surface area contributed by atoms with Crippen molar-refractivity contribution in [1.82, 2.24) is 10.1 Å². The molecule has 1 saturated heterocycles. The van der Waals surface area contributed by atoms with Gasteiger partial charge in [0.15, 0.2) is 0 Å². The highest BCUT2D eigenvalue weighted by atomic mass is 32.2. The molecule has 2 aromatic carbocycles. The maximum Gasteiger partial charge on any atom is 0.324 e. The second kappa shape index (κ2) is 8.97. The summed E-state index contributed by atoms with van der Waals surface area (Å²) in [6.45, 7) is 1.14. The fraction of sp³-hybridized carbons (Fsp3) is 0.286. The number of nitrogens with two attached hydrogens (primary N) is 1. The molecule has 2 heterocycles. The van der Waals surface area contributed by atoms with E-state index in [0.29, 0.717) is 30.6 Å². The quantitative estimate of drug-likeness (QED) is 0.574. The number of amides is 1. The molecule has 1 atom stereocenters. The first-order chi connectivity index (χ1) is 15.3. The molecule has 32 heavy (non-hydrogen) atoms. The lowest BCUT2D eigenvalue weighted by atomic mass is 9.97. The Balaban J connectivity index is 1.41. The van der Waals surface area contributed by atoms with E-state index in [1.807, 2.05) is 29.2 Å². The van der Waals surface area contributed by atoms with Crippen molar-refractivity contribution in [2.24, 2.45) is 11.1 Å². The first-order valence-electron chi connectivity index (χ1n) is 10.0. The Kier molecular flexibility index (Phi) is 6.10. The van der Waals surface area contributed by atoms with Gasteiger partial charge < -0.3 is 19.5 Å². The molecule has 1 amide bonds. The van der Waals surface area contributed by atoms with Crippen LogP contribution >= 0.6 is 0 Å². The molecule has 0 aliphatic carbocycles. The van der Waals surface area contributed by atoms with Crippen LogP contribution in [-0.4, -0.2) is 44.7 Å². The molecular formula is C21H23N5O5S. The number of benzene rings is 2. The molecule has 3 N–H and O–H groups in total. The number of hydrogen-bond acceptors (Lipinski definition) is 8. The zero-order valence-corrected chi connectivity index (χ0v) is 18.2. The average molecular weight is 458 g/mol. The molecule has 0 radical (unpaired) electrons. The number of sulfonamides is 1. The zero-order valence-electron chi connectivity index (χ0n) is 17.4. The van der Waals surface area contributed by atoms with Crippen LogP contribution in [0.3, 0.4) is 0 Å². The zero-order chi connectivity index (χ0) is 22.7. The van der Waals surface area contributed by atoms with Gasteiger partial charge in [0, 0.05) is 24.3 Å². The number of carbonyl (C=O) groups excluding carboxylic acids is 1. The van der Waals surface area contributed by atoms with Crippen LogP contribution in [0.4, 0.5) is 11.7 Å². The van der Waals surface area contributed by atoms with Gasteiger partial charge in [-0.2, -0.15) is 4.98 Å². The van der Waals surface area contributed by atoms with E-state index in [1.54, 1.807) is 7.11 Å². The number of ether oxygens (including phenoxy) is 1. The Morgan fingerprint density at radius 1 is 1.19 bits per heavy atom. The van der Waals surface area contributed by atoms with Gasteiger partial charge in [-0.3, -0.25) is 4.79 Å². The van der Waals surface area contributed by atoms with Crippen molar-refractivity contribution < 1.29 is 22.5 Å². The van der Waals surface area contributed by atoms with Gasteiger partial charge >= 0.3 is 6.01 Å². The highest BCUT2D eigenvalue weighted by Gasteiger charge is 2.29.